The lowest BCUT2D eigenvalue weighted by atomic mass is 10.1. The van der Waals surface area contributed by atoms with Crippen LogP contribution < -0.4 is 5.32 Å². The Morgan fingerprint density at radius 1 is 1.30 bits per heavy atom. The van der Waals surface area contributed by atoms with Crippen molar-refractivity contribution in [3.63, 3.8) is 0 Å². The van der Waals surface area contributed by atoms with E-state index in [1.807, 2.05) is 22.0 Å². The van der Waals surface area contributed by atoms with Gasteiger partial charge in [0.15, 0.2) is 0 Å². The molecule has 0 aromatic carbocycles. The smallest absolute Gasteiger partial charge is 0.317 e. The number of rotatable bonds is 6. The summed E-state index contributed by atoms with van der Waals surface area (Å²) in [6.07, 6.45) is 9.09. The molecule has 1 unspecified atom stereocenters. The van der Waals surface area contributed by atoms with Gasteiger partial charge < -0.3 is 10.2 Å². The van der Waals surface area contributed by atoms with Crippen LogP contribution in [0.5, 0.6) is 0 Å². The Kier molecular flexibility index (Phi) is 5.42. The zero-order chi connectivity index (χ0) is 18.6. The molecule has 146 valence electrons. The van der Waals surface area contributed by atoms with E-state index in [0.29, 0.717) is 6.54 Å². The maximum absolute atomic E-state index is 12.2. The average Bonchev–Trinajstić information content (AvgIpc) is 3.42. The van der Waals surface area contributed by atoms with Gasteiger partial charge in [-0.05, 0) is 32.3 Å². The maximum Gasteiger partial charge on any atom is 0.317 e. The third-order valence-corrected chi connectivity index (χ3v) is 5.52. The van der Waals surface area contributed by atoms with E-state index in [2.05, 4.69) is 44.3 Å². The number of nitrogens with one attached hydrogen (secondary N) is 1. The number of fused-ring (bicyclic) bond motifs is 1. The number of aromatic nitrogens is 4. The van der Waals surface area contributed by atoms with E-state index in [0.717, 1.165) is 58.5 Å². The van der Waals surface area contributed by atoms with Crippen molar-refractivity contribution in [3.05, 3.63) is 35.9 Å². The molecule has 0 aliphatic carbocycles. The first-order chi connectivity index (χ1) is 13.2. The maximum atomic E-state index is 12.2. The second kappa shape index (κ2) is 8.12. The quantitative estimate of drug-likeness (QED) is 0.841. The van der Waals surface area contributed by atoms with Crippen molar-refractivity contribution in [2.75, 3.05) is 26.2 Å². The van der Waals surface area contributed by atoms with Gasteiger partial charge in [-0.1, -0.05) is 0 Å². The molecule has 2 aliphatic rings. The standard InChI is InChI=1S/C19H29N7O/c1-2-25-13-16(11-22-25)12-23-14-17(26-18(15-23)6-8-21-26)5-7-20-19(27)24-9-3-4-10-24/h6,8,11,13,17H,2-5,7,9-10,12,14-15H2,1H3,(H,20,27). The second-order valence-corrected chi connectivity index (χ2v) is 7.51. The van der Waals surface area contributed by atoms with Crippen molar-refractivity contribution in [3.8, 4) is 0 Å². The first kappa shape index (κ1) is 18.0. The van der Waals surface area contributed by atoms with Gasteiger partial charge in [0.25, 0.3) is 0 Å². The molecule has 1 N–H and O–H groups in total. The van der Waals surface area contributed by atoms with Crippen molar-refractivity contribution < 1.29 is 4.79 Å². The Labute approximate surface area is 160 Å². The molecule has 27 heavy (non-hydrogen) atoms. The van der Waals surface area contributed by atoms with Crippen molar-refractivity contribution in [2.24, 2.45) is 0 Å². The van der Waals surface area contributed by atoms with E-state index in [1.165, 1.54) is 11.3 Å². The second-order valence-electron chi connectivity index (χ2n) is 7.51. The normalized spacial score (nSPS) is 20.0. The van der Waals surface area contributed by atoms with Crippen LogP contribution in [0.25, 0.3) is 0 Å². The van der Waals surface area contributed by atoms with Crippen molar-refractivity contribution in [2.45, 2.75) is 51.9 Å². The molecule has 2 aromatic heterocycles. The minimum atomic E-state index is 0.0767. The summed E-state index contributed by atoms with van der Waals surface area (Å²) in [6, 6.07) is 2.45. The third kappa shape index (κ3) is 4.16. The van der Waals surface area contributed by atoms with E-state index in [1.54, 1.807) is 0 Å². The van der Waals surface area contributed by atoms with Gasteiger partial charge in [0.1, 0.15) is 0 Å². The summed E-state index contributed by atoms with van der Waals surface area (Å²) in [6.45, 7) is 8.17. The van der Waals surface area contributed by atoms with Crippen molar-refractivity contribution >= 4 is 6.03 Å². The predicted molar refractivity (Wildman–Crippen MR) is 102 cm³/mol. The van der Waals surface area contributed by atoms with Crippen LogP contribution in [-0.2, 0) is 19.6 Å². The third-order valence-electron chi connectivity index (χ3n) is 5.52. The average molecular weight is 371 g/mol. The van der Waals surface area contributed by atoms with E-state index in [9.17, 15) is 4.79 Å². The summed E-state index contributed by atoms with van der Waals surface area (Å²) in [7, 11) is 0. The number of urea groups is 1. The van der Waals surface area contributed by atoms with Gasteiger partial charge in [0.05, 0.1) is 17.9 Å². The lowest BCUT2D eigenvalue weighted by Crippen LogP contribution is -2.41. The molecule has 0 bridgehead atoms. The number of carbonyl (C=O) groups excluding carboxylic acids is 1. The first-order valence-electron chi connectivity index (χ1n) is 10.0. The van der Waals surface area contributed by atoms with Crippen LogP contribution >= 0.6 is 0 Å². The summed E-state index contributed by atoms with van der Waals surface area (Å²) in [5, 5.41) is 12.0. The molecular weight excluding hydrogens is 342 g/mol. The van der Waals surface area contributed by atoms with Crippen LogP contribution in [0.15, 0.2) is 24.7 Å². The molecule has 8 heteroatoms. The Balaban J connectivity index is 1.34. The fourth-order valence-electron chi connectivity index (χ4n) is 4.10. The van der Waals surface area contributed by atoms with Crippen LogP contribution in [0.2, 0.25) is 0 Å². The zero-order valence-electron chi connectivity index (χ0n) is 16.0. The highest BCUT2D eigenvalue weighted by Gasteiger charge is 2.26. The predicted octanol–water partition coefficient (Wildman–Crippen LogP) is 1.85. The summed E-state index contributed by atoms with van der Waals surface area (Å²) >= 11 is 0. The minimum Gasteiger partial charge on any atom is -0.338 e. The number of likely N-dealkylation sites (tertiary alicyclic amines) is 1. The lowest BCUT2D eigenvalue weighted by molar-refractivity contribution is 0.160. The Morgan fingerprint density at radius 3 is 2.93 bits per heavy atom. The number of nitrogens with zero attached hydrogens (tertiary/aromatic N) is 6. The summed E-state index contributed by atoms with van der Waals surface area (Å²) in [5.74, 6) is 0. The Hall–Kier alpha value is -2.35. The fourth-order valence-corrected chi connectivity index (χ4v) is 4.10. The molecule has 1 atom stereocenters. The van der Waals surface area contributed by atoms with Gasteiger partial charge in [0.2, 0.25) is 0 Å². The summed E-state index contributed by atoms with van der Waals surface area (Å²) in [4.78, 5) is 16.6. The Morgan fingerprint density at radius 2 is 2.15 bits per heavy atom. The molecule has 0 radical (unpaired) electrons. The fraction of sp³-hybridized carbons (Fsp3) is 0.632. The van der Waals surface area contributed by atoms with Crippen LogP contribution in [0, 0.1) is 0 Å². The highest BCUT2D eigenvalue weighted by atomic mass is 16.2. The van der Waals surface area contributed by atoms with Gasteiger partial charge in [-0.3, -0.25) is 14.3 Å². The van der Waals surface area contributed by atoms with E-state index in [4.69, 9.17) is 0 Å². The minimum absolute atomic E-state index is 0.0767. The number of hydrogen-bond acceptors (Lipinski definition) is 4. The Bertz CT molecular complexity index is 762. The molecule has 4 heterocycles. The summed E-state index contributed by atoms with van der Waals surface area (Å²) < 4.78 is 4.10. The molecule has 1 fully saturated rings. The van der Waals surface area contributed by atoms with Crippen LogP contribution in [0.1, 0.15) is 43.5 Å². The molecule has 8 nitrogen and oxygen atoms in total. The largest absolute Gasteiger partial charge is 0.338 e. The van der Waals surface area contributed by atoms with Crippen LogP contribution in [0.4, 0.5) is 4.79 Å². The molecule has 4 rings (SSSR count). The number of amides is 2. The summed E-state index contributed by atoms with van der Waals surface area (Å²) in [5.41, 5.74) is 2.48. The monoisotopic (exact) mass is 371 g/mol. The molecule has 0 saturated carbocycles. The zero-order valence-corrected chi connectivity index (χ0v) is 16.0. The lowest BCUT2D eigenvalue weighted by Gasteiger charge is -2.33. The van der Waals surface area contributed by atoms with E-state index >= 15 is 0 Å². The molecule has 2 amide bonds. The molecule has 1 saturated heterocycles. The van der Waals surface area contributed by atoms with Gasteiger partial charge in [-0.2, -0.15) is 10.2 Å². The molecule has 2 aliphatic heterocycles. The van der Waals surface area contributed by atoms with Crippen molar-refractivity contribution in [1.82, 2.24) is 34.7 Å². The number of aryl methyl sites for hydroxylation is 1. The van der Waals surface area contributed by atoms with E-state index in [-0.39, 0.29) is 12.1 Å². The van der Waals surface area contributed by atoms with Gasteiger partial charge in [-0.25, -0.2) is 4.79 Å². The number of hydrogen-bond donors (Lipinski definition) is 1. The van der Waals surface area contributed by atoms with Crippen LogP contribution in [0.3, 0.4) is 0 Å². The van der Waals surface area contributed by atoms with Gasteiger partial charge >= 0.3 is 6.03 Å². The van der Waals surface area contributed by atoms with Gasteiger partial charge in [0, 0.05) is 63.8 Å². The SMILES string of the molecule is CCn1cc(CN2Cc3ccnn3C(CCNC(=O)N3CCCC3)C2)cn1. The van der Waals surface area contributed by atoms with E-state index < -0.39 is 0 Å². The molecule has 0 spiro atoms. The highest BCUT2D eigenvalue weighted by molar-refractivity contribution is 5.74. The number of carbonyl (C=O) groups is 1. The molecular formula is C19H29N7O. The molecule has 2 aromatic rings. The first-order valence-corrected chi connectivity index (χ1v) is 10.0. The topological polar surface area (TPSA) is 71.2 Å². The van der Waals surface area contributed by atoms with Crippen LogP contribution in [-0.4, -0.2) is 61.6 Å². The van der Waals surface area contributed by atoms with Gasteiger partial charge in [-0.15, -0.1) is 0 Å². The highest BCUT2D eigenvalue weighted by Crippen LogP contribution is 2.24. The van der Waals surface area contributed by atoms with Crippen molar-refractivity contribution in [1.29, 1.82) is 0 Å².